The van der Waals surface area contributed by atoms with E-state index in [9.17, 15) is 9.90 Å². The summed E-state index contributed by atoms with van der Waals surface area (Å²) >= 11 is 0. The molecule has 0 bridgehead atoms. The number of methoxy groups -OCH3 is 1. The van der Waals surface area contributed by atoms with Crippen LogP contribution in [-0.4, -0.2) is 31.3 Å². The number of carboxylic acid groups (broad SMARTS) is 1. The average Bonchev–Trinajstić information content (AvgIpc) is 2.53. The highest BCUT2D eigenvalue weighted by Gasteiger charge is 2.24. The topological polar surface area (TPSA) is 59.0 Å². The van der Waals surface area contributed by atoms with Gasteiger partial charge in [-0.25, -0.2) is 4.79 Å². The van der Waals surface area contributed by atoms with Crippen LogP contribution in [0.5, 0.6) is 11.5 Å². The molecule has 1 heterocycles. The number of ether oxygens (including phenoxy) is 2. The normalized spacial score (nSPS) is 13.3. The Kier molecular flexibility index (Phi) is 3.39. The lowest BCUT2D eigenvalue weighted by molar-refractivity contribution is 0.0692. The Morgan fingerprint density at radius 3 is 2.67 bits per heavy atom. The molecule has 0 aromatic heterocycles. The number of nitrogens with zero attached hydrogens (tertiary/aromatic N) is 1. The Labute approximate surface area is 122 Å². The van der Waals surface area contributed by atoms with Gasteiger partial charge in [0, 0.05) is 5.69 Å². The predicted molar refractivity (Wildman–Crippen MR) is 78.9 cm³/mol. The third-order valence-corrected chi connectivity index (χ3v) is 3.46. The molecule has 0 spiro atoms. The second-order valence-corrected chi connectivity index (χ2v) is 4.66. The largest absolute Gasteiger partial charge is 0.497 e. The molecule has 0 amide bonds. The summed E-state index contributed by atoms with van der Waals surface area (Å²) in [5.41, 5.74) is 1.93. The molecule has 2 aromatic rings. The van der Waals surface area contributed by atoms with E-state index in [-0.39, 0.29) is 5.56 Å². The molecule has 0 unspecified atom stereocenters. The molecular formula is C16H15NO4. The molecule has 21 heavy (non-hydrogen) atoms. The number of rotatable bonds is 3. The van der Waals surface area contributed by atoms with Gasteiger partial charge in [-0.2, -0.15) is 0 Å². The Balaban J connectivity index is 2.03. The summed E-state index contributed by atoms with van der Waals surface area (Å²) in [7, 11) is 1.62. The summed E-state index contributed by atoms with van der Waals surface area (Å²) in [4.78, 5) is 13.3. The third kappa shape index (κ3) is 2.38. The second kappa shape index (κ2) is 5.36. The molecule has 0 radical (unpaired) electrons. The van der Waals surface area contributed by atoms with Crippen molar-refractivity contribution in [2.24, 2.45) is 0 Å². The van der Waals surface area contributed by atoms with Crippen LogP contribution in [0.15, 0.2) is 42.5 Å². The van der Waals surface area contributed by atoms with Crippen molar-refractivity contribution in [3.63, 3.8) is 0 Å². The Morgan fingerprint density at radius 2 is 2.00 bits per heavy atom. The minimum Gasteiger partial charge on any atom is -0.497 e. The summed E-state index contributed by atoms with van der Waals surface area (Å²) in [6.07, 6.45) is 0. The molecule has 0 saturated heterocycles. The highest BCUT2D eigenvalue weighted by Crippen LogP contribution is 2.39. The van der Waals surface area contributed by atoms with E-state index in [0.717, 1.165) is 17.1 Å². The van der Waals surface area contributed by atoms with Crippen molar-refractivity contribution < 1.29 is 19.4 Å². The van der Waals surface area contributed by atoms with E-state index in [1.807, 2.05) is 35.2 Å². The molecule has 5 nitrogen and oxygen atoms in total. The van der Waals surface area contributed by atoms with Crippen molar-refractivity contribution in [1.29, 1.82) is 0 Å². The summed E-state index contributed by atoms with van der Waals surface area (Å²) in [6, 6.07) is 12.8. The lowest BCUT2D eigenvalue weighted by Gasteiger charge is -2.32. The van der Waals surface area contributed by atoms with Crippen molar-refractivity contribution in [3.8, 4) is 11.5 Å². The van der Waals surface area contributed by atoms with E-state index in [1.165, 1.54) is 0 Å². The predicted octanol–water partition coefficient (Wildman–Crippen LogP) is 2.92. The van der Waals surface area contributed by atoms with Crippen LogP contribution in [-0.2, 0) is 0 Å². The zero-order chi connectivity index (χ0) is 14.8. The molecule has 0 fully saturated rings. The molecule has 108 valence electrons. The number of hydrogen-bond acceptors (Lipinski definition) is 4. The second-order valence-electron chi connectivity index (χ2n) is 4.66. The Morgan fingerprint density at radius 1 is 1.24 bits per heavy atom. The van der Waals surface area contributed by atoms with E-state index in [4.69, 9.17) is 9.47 Å². The highest BCUT2D eigenvalue weighted by molar-refractivity contribution is 5.94. The lowest BCUT2D eigenvalue weighted by Crippen LogP contribution is -2.29. The first-order chi connectivity index (χ1) is 10.2. The number of fused-ring (bicyclic) bond motifs is 1. The first-order valence-corrected chi connectivity index (χ1v) is 6.61. The zero-order valence-corrected chi connectivity index (χ0v) is 11.6. The van der Waals surface area contributed by atoms with Crippen molar-refractivity contribution in [2.45, 2.75) is 0 Å². The van der Waals surface area contributed by atoms with Gasteiger partial charge in [0.1, 0.15) is 17.9 Å². The fourth-order valence-corrected chi connectivity index (χ4v) is 2.45. The number of carbonyl (C=O) groups is 1. The fraction of sp³-hybridized carbons (Fsp3) is 0.188. The number of hydrogen-bond donors (Lipinski definition) is 1. The van der Waals surface area contributed by atoms with Crippen molar-refractivity contribution >= 4 is 17.3 Å². The maximum Gasteiger partial charge on any atom is 0.339 e. The van der Waals surface area contributed by atoms with Gasteiger partial charge in [-0.15, -0.1) is 0 Å². The molecule has 0 saturated carbocycles. The van der Waals surface area contributed by atoms with Gasteiger partial charge in [0.25, 0.3) is 0 Å². The van der Waals surface area contributed by atoms with Crippen LogP contribution in [0.1, 0.15) is 10.4 Å². The number of benzene rings is 2. The van der Waals surface area contributed by atoms with Gasteiger partial charge in [-0.1, -0.05) is 6.07 Å². The number of aromatic carboxylic acids is 1. The van der Waals surface area contributed by atoms with Gasteiger partial charge in [-0.05, 0) is 36.4 Å². The third-order valence-electron chi connectivity index (χ3n) is 3.46. The van der Waals surface area contributed by atoms with Crippen LogP contribution in [0.3, 0.4) is 0 Å². The van der Waals surface area contributed by atoms with Gasteiger partial charge in [0.05, 0.1) is 19.3 Å². The number of carboxylic acids is 1. The molecule has 0 atom stereocenters. The van der Waals surface area contributed by atoms with Crippen LogP contribution in [0.25, 0.3) is 0 Å². The Hall–Kier alpha value is -2.69. The quantitative estimate of drug-likeness (QED) is 0.939. The molecule has 3 rings (SSSR count). The maximum absolute atomic E-state index is 11.3. The standard InChI is InChI=1S/C16H15NO4/c1-20-12-7-5-11(6-8-12)17-9-10-21-15-13(16(18)19)3-2-4-14(15)17/h2-8H,9-10H2,1H3,(H,18,19). The van der Waals surface area contributed by atoms with Crippen LogP contribution < -0.4 is 14.4 Å². The van der Waals surface area contributed by atoms with Crippen molar-refractivity contribution in [2.75, 3.05) is 25.2 Å². The highest BCUT2D eigenvalue weighted by atomic mass is 16.5. The monoisotopic (exact) mass is 285 g/mol. The van der Waals surface area contributed by atoms with Crippen molar-refractivity contribution in [1.82, 2.24) is 0 Å². The van der Waals surface area contributed by atoms with Crippen LogP contribution in [0, 0.1) is 0 Å². The molecule has 1 aliphatic rings. The average molecular weight is 285 g/mol. The van der Waals surface area contributed by atoms with Crippen LogP contribution in [0.4, 0.5) is 11.4 Å². The minimum absolute atomic E-state index is 0.186. The number of para-hydroxylation sites is 1. The van der Waals surface area contributed by atoms with Crippen LogP contribution in [0.2, 0.25) is 0 Å². The molecule has 0 aliphatic carbocycles. The van der Waals surface area contributed by atoms with E-state index >= 15 is 0 Å². The summed E-state index contributed by atoms with van der Waals surface area (Å²) in [5, 5.41) is 9.25. The van der Waals surface area contributed by atoms with E-state index in [0.29, 0.717) is 18.9 Å². The molecule has 5 heteroatoms. The molecule has 1 N–H and O–H groups in total. The molecule has 1 aliphatic heterocycles. The summed E-state index contributed by atoms with van der Waals surface area (Å²) in [5.74, 6) is 0.224. The van der Waals surface area contributed by atoms with Gasteiger partial charge in [0.2, 0.25) is 0 Å². The smallest absolute Gasteiger partial charge is 0.339 e. The lowest BCUT2D eigenvalue weighted by atomic mass is 10.1. The van der Waals surface area contributed by atoms with Gasteiger partial charge in [-0.3, -0.25) is 0 Å². The van der Waals surface area contributed by atoms with E-state index in [1.54, 1.807) is 19.2 Å². The first kappa shape index (κ1) is 13.3. The van der Waals surface area contributed by atoms with Gasteiger partial charge in [0.15, 0.2) is 5.75 Å². The van der Waals surface area contributed by atoms with Crippen molar-refractivity contribution in [3.05, 3.63) is 48.0 Å². The zero-order valence-electron chi connectivity index (χ0n) is 11.6. The molecular weight excluding hydrogens is 270 g/mol. The maximum atomic E-state index is 11.3. The van der Waals surface area contributed by atoms with Gasteiger partial charge >= 0.3 is 5.97 Å². The van der Waals surface area contributed by atoms with Crippen LogP contribution >= 0.6 is 0 Å². The van der Waals surface area contributed by atoms with Gasteiger partial charge < -0.3 is 19.5 Å². The Bertz CT molecular complexity index is 666. The van der Waals surface area contributed by atoms with E-state index in [2.05, 4.69) is 0 Å². The summed E-state index contributed by atoms with van der Waals surface area (Å²) < 4.78 is 10.7. The fourth-order valence-electron chi connectivity index (χ4n) is 2.45. The molecule has 2 aromatic carbocycles. The first-order valence-electron chi connectivity index (χ1n) is 6.61. The minimum atomic E-state index is -0.983. The van der Waals surface area contributed by atoms with E-state index < -0.39 is 5.97 Å². The SMILES string of the molecule is COc1ccc(N2CCOc3c(C(=O)O)cccc32)cc1. The number of anilines is 2. The summed E-state index contributed by atoms with van der Waals surface area (Å²) in [6.45, 7) is 1.12.